The number of carbonyl (C=O) groups is 1. The lowest BCUT2D eigenvalue weighted by Crippen LogP contribution is -2.34. The number of amides is 1. The molecule has 1 N–H and O–H groups in total. The van der Waals surface area contributed by atoms with E-state index in [1.54, 1.807) is 24.4 Å². The monoisotopic (exact) mass is 321 g/mol. The van der Waals surface area contributed by atoms with Crippen LogP contribution in [-0.4, -0.2) is 21.8 Å². The summed E-state index contributed by atoms with van der Waals surface area (Å²) in [4.78, 5) is 29.0. The second-order valence-electron chi connectivity index (χ2n) is 5.63. The van der Waals surface area contributed by atoms with E-state index in [0.29, 0.717) is 12.2 Å². The Morgan fingerprint density at radius 2 is 1.92 bits per heavy atom. The first-order valence-corrected chi connectivity index (χ1v) is 8.00. The van der Waals surface area contributed by atoms with Crippen LogP contribution in [0.5, 0.6) is 0 Å². The van der Waals surface area contributed by atoms with Crippen LogP contribution >= 0.6 is 0 Å². The fraction of sp³-hybridized carbons (Fsp3) is 0.211. The zero-order valence-electron chi connectivity index (χ0n) is 13.5. The van der Waals surface area contributed by atoms with Crippen LogP contribution in [0.25, 0.3) is 5.65 Å². The average molecular weight is 321 g/mol. The Balaban J connectivity index is 1.78. The topological polar surface area (TPSA) is 63.5 Å². The van der Waals surface area contributed by atoms with Gasteiger partial charge >= 0.3 is 0 Å². The van der Waals surface area contributed by atoms with Crippen LogP contribution in [-0.2, 0) is 0 Å². The lowest BCUT2D eigenvalue weighted by Gasteiger charge is -2.16. The van der Waals surface area contributed by atoms with Gasteiger partial charge in [-0.3, -0.25) is 14.0 Å². The molecule has 24 heavy (non-hydrogen) atoms. The highest BCUT2D eigenvalue weighted by Gasteiger charge is 2.15. The molecule has 3 rings (SSSR count). The molecule has 1 aromatic carbocycles. The smallest absolute Gasteiger partial charge is 0.270 e. The third kappa shape index (κ3) is 3.20. The third-order valence-corrected chi connectivity index (χ3v) is 4.13. The van der Waals surface area contributed by atoms with Crippen LogP contribution in [0.15, 0.2) is 65.7 Å². The molecule has 0 aliphatic carbocycles. The molecular formula is C19H19N3O2. The molecule has 122 valence electrons. The third-order valence-electron chi connectivity index (χ3n) is 4.13. The molecule has 1 atom stereocenters. The number of hydrogen-bond acceptors (Lipinski definition) is 3. The Labute approximate surface area is 140 Å². The van der Waals surface area contributed by atoms with Crippen LogP contribution in [0.3, 0.4) is 0 Å². The predicted octanol–water partition coefficient (Wildman–Crippen LogP) is 2.62. The molecule has 0 spiro atoms. The molecule has 0 unspecified atom stereocenters. The minimum Gasteiger partial charge on any atom is -0.351 e. The summed E-state index contributed by atoms with van der Waals surface area (Å²) < 4.78 is 1.38. The number of rotatable bonds is 5. The van der Waals surface area contributed by atoms with E-state index in [2.05, 4.69) is 17.2 Å². The number of hydrogen-bond donors (Lipinski definition) is 1. The van der Waals surface area contributed by atoms with Crippen LogP contribution < -0.4 is 10.9 Å². The molecule has 5 nitrogen and oxygen atoms in total. The molecule has 0 bridgehead atoms. The lowest BCUT2D eigenvalue weighted by molar-refractivity contribution is 0.0949. The second-order valence-corrected chi connectivity index (χ2v) is 5.63. The first-order chi connectivity index (χ1) is 11.7. The van der Waals surface area contributed by atoms with Crippen LogP contribution in [0.2, 0.25) is 0 Å². The number of aromatic nitrogens is 2. The normalized spacial score (nSPS) is 12.0. The highest BCUT2D eigenvalue weighted by Crippen LogP contribution is 2.18. The van der Waals surface area contributed by atoms with Gasteiger partial charge in [-0.05, 0) is 24.1 Å². The van der Waals surface area contributed by atoms with Crippen molar-refractivity contribution in [1.82, 2.24) is 14.7 Å². The van der Waals surface area contributed by atoms with E-state index in [4.69, 9.17) is 0 Å². The van der Waals surface area contributed by atoms with Gasteiger partial charge in [0.15, 0.2) is 0 Å². The van der Waals surface area contributed by atoms with Crippen molar-refractivity contribution >= 4 is 11.6 Å². The lowest BCUT2D eigenvalue weighted by atomic mass is 9.96. The molecule has 0 saturated heterocycles. The summed E-state index contributed by atoms with van der Waals surface area (Å²) in [5.74, 6) is -0.175. The molecule has 0 aliphatic rings. The largest absolute Gasteiger partial charge is 0.351 e. The maximum atomic E-state index is 12.4. The van der Waals surface area contributed by atoms with Crippen molar-refractivity contribution < 1.29 is 4.79 Å². The number of pyridine rings is 1. The van der Waals surface area contributed by atoms with Crippen LogP contribution in [0, 0.1) is 0 Å². The maximum absolute atomic E-state index is 12.4. The predicted molar refractivity (Wildman–Crippen MR) is 93.3 cm³/mol. The Morgan fingerprint density at radius 3 is 2.67 bits per heavy atom. The van der Waals surface area contributed by atoms with Gasteiger partial charge in [0.25, 0.3) is 11.5 Å². The SMILES string of the molecule is CC[C@@H](CNC(=O)c1cnc2ccccn2c1=O)c1ccccc1. The van der Waals surface area contributed by atoms with Crippen molar-refractivity contribution in [3.63, 3.8) is 0 Å². The standard InChI is InChI=1S/C19H19N3O2/c1-2-14(15-8-4-3-5-9-15)12-21-18(23)16-13-20-17-10-6-7-11-22(17)19(16)24/h3-11,13-14H,2,12H2,1H3,(H,21,23)/t14-/m0/s1. The zero-order chi connectivity index (χ0) is 16.9. The van der Waals surface area contributed by atoms with Crippen molar-refractivity contribution in [1.29, 1.82) is 0 Å². The molecule has 0 saturated carbocycles. The summed E-state index contributed by atoms with van der Waals surface area (Å²) >= 11 is 0. The minimum atomic E-state index is -0.389. The van der Waals surface area contributed by atoms with E-state index in [0.717, 1.165) is 6.42 Å². The molecule has 0 aliphatic heterocycles. The summed E-state index contributed by atoms with van der Waals surface area (Å²) in [6.45, 7) is 2.56. The molecule has 0 fully saturated rings. The molecule has 2 heterocycles. The zero-order valence-corrected chi connectivity index (χ0v) is 13.5. The van der Waals surface area contributed by atoms with Gasteiger partial charge in [0, 0.05) is 24.9 Å². The Bertz CT molecular complexity index is 903. The summed E-state index contributed by atoms with van der Waals surface area (Å²) in [5.41, 5.74) is 1.40. The maximum Gasteiger partial charge on any atom is 0.270 e. The summed E-state index contributed by atoms with van der Waals surface area (Å²) in [7, 11) is 0. The molecule has 3 aromatic rings. The summed E-state index contributed by atoms with van der Waals surface area (Å²) in [6, 6.07) is 15.3. The Hall–Kier alpha value is -2.95. The molecule has 1 amide bonds. The second kappa shape index (κ2) is 7.08. The van der Waals surface area contributed by atoms with Crippen molar-refractivity contribution in [3.8, 4) is 0 Å². The van der Waals surface area contributed by atoms with E-state index in [-0.39, 0.29) is 22.9 Å². The molecule has 5 heteroatoms. The van der Waals surface area contributed by atoms with E-state index in [1.807, 2.05) is 30.3 Å². The van der Waals surface area contributed by atoms with Crippen LogP contribution in [0.4, 0.5) is 0 Å². The number of nitrogens with one attached hydrogen (secondary N) is 1. The first-order valence-electron chi connectivity index (χ1n) is 8.00. The van der Waals surface area contributed by atoms with Gasteiger partial charge in [-0.15, -0.1) is 0 Å². The van der Waals surface area contributed by atoms with Gasteiger partial charge in [0.05, 0.1) is 0 Å². The highest BCUT2D eigenvalue weighted by molar-refractivity contribution is 5.93. The fourth-order valence-corrected chi connectivity index (χ4v) is 2.72. The van der Waals surface area contributed by atoms with Crippen molar-refractivity contribution in [3.05, 3.63) is 82.4 Å². The van der Waals surface area contributed by atoms with E-state index < -0.39 is 0 Å². The molecular weight excluding hydrogens is 302 g/mol. The number of nitrogens with zero attached hydrogens (tertiary/aromatic N) is 2. The van der Waals surface area contributed by atoms with Crippen molar-refractivity contribution in [2.24, 2.45) is 0 Å². The van der Waals surface area contributed by atoms with E-state index in [9.17, 15) is 9.59 Å². The number of benzene rings is 1. The Morgan fingerprint density at radius 1 is 1.17 bits per heavy atom. The van der Waals surface area contributed by atoms with Gasteiger partial charge in [-0.1, -0.05) is 43.3 Å². The first kappa shape index (κ1) is 15.9. The van der Waals surface area contributed by atoms with Gasteiger partial charge in [-0.25, -0.2) is 4.98 Å². The van der Waals surface area contributed by atoms with Crippen molar-refractivity contribution in [2.45, 2.75) is 19.3 Å². The van der Waals surface area contributed by atoms with E-state index >= 15 is 0 Å². The van der Waals surface area contributed by atoms with Crippen molar-refractivity contribution in [2.75, 3.05) is 6.54 Å². The highest BCUT2D eigenvalue weighted by atomic mass is 16.2. The van der Waals surface area contributed by atoms with Gasteiger partial charge in [0.2, 0.25) is 0 Å². The molecule has 2 aromatic heterocycles. The van der Waals surface area contributed by atoms with Gasteiger partial charge in [0.1, 0.15) is 11.2 Å². The average Bonchev–Trinajstić information content (AvgIpc) is 2.63. The number of carbonyl (C=O) groups excluding carboxylic acids is 1. The minimum absolute atomic E-state index is 0.0571. The van der Waals surface area contributed by atoms with Gasteiger partial charge in [-0.2, -0.15) is 0 Å². The van der Waals surface area contributed by atoms with E-state index in [1.165, 1.54) is 16.2 Å². The quantitative estimate of drug-likeness (QED) is 0.786. The summed E-state index contributed by atoms with van der Waals surface area (Å²) in [5, 5.41) is 2.86. The van der Waals surface area contributed by atoms with Crippen LogP contribution in [0.1, 0.15) is 35.2 Å². The fourth-order valence-electron chi connectivity index (χ4n) is 2.72. The summed E-state index contributed by atoms with van der Waals surface area (Å²) in [6.07, 6.45) is 3.86. The molecule has 0 radical (unpaired) electrons. The Kier molecular flexibility index (Phi) is 4.70. The van der Waals surface area contributed by atoms with Gasteiger partial charge < -0.3 is 5.32 Å². The number of fused-ring (bicyclic) bond motifs is 1.